The van der Waals surface area contributed by atoms with Crippen molar-refractivity contribution in [2.24, 2.45) is 11.8 Å². The zero-order chi connectivity index (χ0) is 14.6. The molecule has 3 atom stereocenters. The maximum atomic E-state index is 12.2. The van der Waals surface area contributed by atoms with Crippen LogP contribution in [0.25, 0.3) is 0 Å². The number of nitrogens with one attached hydrogen (secondary N) is 1. The summed E-state index contributed by atoms with van der Waals surface area (Å²) in [6, 6.07) is 0. The second-order valence-corrected chi connectivity index (χ2v) is 6.29. The number of rotatable bonds is 7. The predicted octanol–water partition coefficient (Wildman–Crippen LogP) is 2.51. The van der Waals surface area contributed by atoms with Crippen LogP contribution in [0.2, 0.25) is 0 Å². The van der Waals surface area contributed by atoms with Crippen molar-refractivity contribution in [3.63, 3.8) is 0 Å². The topological polar surface area (TPSA) is 47.6 Å². The van der Waals surface area contributed by atoms with Crippen LogP contribution in [0.4, 0.5) is 0 Å². The van der Waals surface area contributed by atoms with Gasteiger partial charge in [-0.2, -0.15) is 0 Å². The summed E-state index contributed by atoms with van der Waals surface area (Å²) >= 11 is 0. The molecule has 20 heavy (non-hydrogen) atoms. The first-order chi connectivity index (χ1) is 9.67. The van der Waals surface area contributed by atoms with Crippen molar-refractivity contribution in [1.82, 2.24) is 5.32 Å². The molecule has 4 heteroatoms. The number of hydrogen-bond donors (Lipinski definition) is 1. The Morgan fingerprint density at radius 3 is 2.50 bits per heavy atom. The second-order valence-electron chi connectivity index (χ2n) is 6.29. The summed E-state index contributed by atoms with van der Waals surface area (Å²) in [6.07, 6.45) is 8.59. The third-order valence-corrected chi connectivity index (χ3v) is 5.16. The van der Waals surface area contributed by atoms with Crippen LogP contribution in [0, 0.1) is 11.8 Å². The fourth-order valence-corrected chi connectivity index (χ4v) is 3.58. The quantitative estimate of drug-likeness (QED) is 0.729. The lowest BCUT2D eigenvalue weighted by Gasteiger charge is -2.36. The number of methoxy groups -OCH3 is 1. The number of ether oxygens (including phenoxy) is 2. The van der Waals surface area contributed by atoms with Gasteiger partial charge in [0, 0.05) is 0 Å². The lowest BCUT2D eigenvalue weighted by molar-refractivity contribution is -0.155. The van der Waals surface area contributed by atoms with Crippen molar-refractivity contribution in [3.8, 4) is 0 Å². The Kier molecular flexibility index (Phi) is 5.44. The summed E-state index contributed by atoms with van der Waals surface area (Å²) in [5, 5.41) is 3.20. The molecule has 0 heterocycles. The minimum absolute atomic E-state index is 0.175. The number of esters is 1. The molecular formula is C16H29NO3. The summed E-state index contributed by atoms with van der Waals surface area (Å²) in [5.74, 6) is 0.838. The smallest absolute Gasteiger partial charge is 0.328 e. The van der Waals surface area contributed by atoms with E-state index in [0.717, 1.165) is 19.3 Å². The molecule has 2 aliphatic rings. The van der Waals surface area contributed by atoms with Crippen LogP contribution in [-0.2, 0) is 14.3 Å². The highest BCUT2D eigenvalue weighted by atomic mass is 16.5. The number of likely N-dealkylation sites (N-methyl/N-ethyl adjacent to an activating group) is 1. The van der Waals surface area contributed by atoms with Gasteiger partial charge >= 0.3 is 5.97 Å². The van der Waals surface area contributed by atoms with E-state index in [1.165, 1.54) is 32.8 Å². The molecule has 0 saturated heterocycles. The summed E-state index contributed by atoms with van der Waals surface area (Å²) in [7, 11) is 3.31. The monoisotopic (exact) mass is 283 g/mol. The summed E-state index contributed by atoms with van der Waals surface area (Å²) in [5.41, 5.74) is -0.634. The van der Waals surface area contributed by atoms with Gasteiger partial charge in [0.25, 0.3) is 0 Å². The highest BCUT2D eigenvalue weighted by Crippen LogP contribution is 2.41. The largest absolute Gasteiger partial charge is 0.468 e. The van der Waals surface area contributed by atoms with Crippen molar-refractivity contribution < 1.29 is 14.3 Å². The molecule has 116 valence electrons. The van der Waals surface area contributed by atoms with E-state index in [1.807, 2.05) is 7.05 Å². The first-order valence-corrected chi connectivity index (χ1v) is 8.06. The number of hydrogen-bond acceptors (Lipinski definition) is 4. The molecule has 4 nitrogen and oxygen atoms in total. The fourth-order valence-electron chi connectivity index (χ4n) is 3.58. The highest BCUT2D eigenvalue weighted by Gasteiger charge is 2.51. The second kappa shape index (κ2) is 6.90. The van der Waals surface area contributed by atoms with Crippen LogP contribution in [0.5, 0.6) is 0 Å². The van der Waals surface area contributed by atoms with E-state index in [9.17, 15) is 4.79 Å². The van der Waals surface area contributed by atoms with E-state index in [1.54, 1.807) is 0 Å². The molecule has 2 fully saturated rings. The molecule has 0 aromatic carbocycles. The lowest BCUT2D eigenvalue weighted by atomic mass is 9.84. The van der Waals surface area contributed by atoms with E-state index < -0.39 is 5.54 Å². The van der Waals surface area contributed by atoms with Gasteiger partial charge in [-0.1, -0.05) is 26.2 Å². The summed E-state index contributed by atoms with van der Waals surface area (Å²) in [4.78, 5) is 12.2. The van der Waals surface area contributed by atoms with Gasteiger partial charge in [-0.25, -0.2) is 4.79 Å². The van der Waals surface area contributed by atoms with Crippen molar-refractivity contribution >= 4 is 5.97 Å². The Labute approximate surface area is 122 Å². The van der Waals surface area contributed by atoms with Crippen molar-refractivity contribution in [2.45, 2.75) is 63.5 Å². The molecule has 0 aliphatic heterocycles. The molecule has 0 bridgehead atoms. The molecule has 0 aromatic rings. The van der Waals surface area contributed by atoms with Crippen molar-refractivity contribution in [2.75, 3.05) is 20.8 Å². The Balaban J connectivity index is 1.99. The van der Waals surface area contributed by atoms with Gasteiger partial charge in [0.1, 0.15) is 5.54 Å². The molecule has 0 amide bonds. The molecule has 1 N–H and O–H groups in total. The third kappa shape index (κ3) is 3.17. The molecule has 2 aliphatic carbocycles. The SMILES string of the molecule is CCC1CCCCC1OCC(NC)(C(=O)OC)C1CC1. The molecule has 0 spiro atoms. The van der Waals surface area contributed by atoms with Gasteiger partial charge in [0.15, 0.2) is 0 Å². The third-order valence-electron chi connectivity index (χ3n) is 5.16. The van der Waals surface area contributed by atoms with Crippen LogP contribution in [0.15, 0.2) is 0 Å². The molecule has 0 radical (unpaired) electrons. The van der Waals surface area contributed by atoms with E-state index >= 15 is 0 Å². The summed E-state index contributed by atoms with van der Waals surface area (Å²) in [6.45, 7) is 2.68. The Morgan fingerprint density at radius 2 is 1.95 bits per heavy atom. The van der Waals surface area contributed by atoms with Crippen LogP contribution in [0.1, 0.15) is 51.9 Å². The maximum absolute atomic E-state index is 12.2. The van der Waals surface area contributed by atoms with Crippen LogP contribution < -0.4 is 5.32 Å². The van der Waals surface area contributed by atoms with E-state index in [4.69, 9.17) is 9.47 Å². The summed E-state index contributed by atoms with van der Waals surface area (Å²) < 4.78 is 11.2. The van der Waals surface area contributed by atoms with E-state index in [2.05, 4.69) is 12.2 Å². The lowest BCUT2D eigenvalue weighted by Crippen LogP contribution is -2.57. The average Bonchev–Trinajstić information content (AvgIpc) is 3.33. The first kappa shape index (κ1) is 15.8. The van der Waals surface area contributed by atoms with Crippen molar-refractivity contribution in [1.29, 1.82) is 0 Å². The highest BCUT2D eigenvalue weighted by molar-refractivity contribution is 5.82. The minimum atomic E-state index is -0.634. The van der Waals surface area contributed by atoms with Gasteiger partial charge in [-0.05, 0) is 44.6 Å². The zero-order valence-electron chi connectivity index (χ0n) is 13.1. The number of carbonyl (C=O) groups excluding carboxylic acids is 1. The predicted molar refractivity (Wildman–Crippen MR) is 78.5 cm³/mol. The standard InChI is InChI=1S/C16H29NO3/c1-4-12-7-5-6-8-14(12)20-11-16(17-2,13-9-10-13)15(18)19-3/h12-14,17H,4-11H2,1-3H3. The molecule has 2 saturated carbocycles. The van der Waals surface area contributed by atoms with Gasteiger partial charge < -0.3 is 14.8 Å². The zero-order valence-corrected chi connectivity index (χ0v) is 13.1. The molecule has 2 rings (SSSR count). The Morgan fingerprint density at radius 1 is 1.25 bits per heavy atom. The van der Waals surface area contributed by atoms with Crippen LogP contribution in [-0.4, -0.2) is 38.4 Å². The van der Waals surface area contributed by atoms with Crippen LogP contribution >= 0.6 is 0 Å². The fraction of sp³-hybridized carbons (Fsp3) is 0.938. The average molecular weight is 283 g/mol. The molecule has 0 aromatic heterocycles. The van der Waals surface area contributed by atoms with Gasteiger partial charge in [0.05, 0.1) is 19.8 Å². The maximum Gasteiger partial charge on any atom is 0.328 e. The van der Waals surface area contributed by atoms with Gasteiger partial charge in [-0.3, -0.25) is 0 Å². The minimum Gasteiger partial charge on any atom is -0.468 e. The number of carbonyl (C=O) groups is 1. The van der Waals surface area contributed by atoms with Gasteiger partial charge in [-0.15, -0.1) is 0 Å². The first-order valence-electron chi connectivity index (χ1n) is 8.06. The van der Waals surface area contributed by atoms with Gasteiger partial charge in [0.2, 0.25) is 0 Å². The molecule has 3 unspecified atom stereocenters. The van der Waals surface area contributed by atoms with Crippen LogP contribution in [0.3, 0.4) is 0 Å². The Hall–Kier alpha value is -0.610. The van der Waals surface area contributed by atoms with Crippen molar-refractivity contribution in [3.05, 3.63) is 0 Å². The molecular weight excluding hydrogens is 254 g/mol. The van der Waals surface area contributed by atoms with E-state index in [-0.39, 0.29) is 5.97 Å². The van der Waals surface area contributed by atoms with E-state index in [0.29, 0.717) is 24.5 Å². The Bertz CT molecular complexity index is 330. The normalized spacial score (nSPS) is 29.8.